The highest BCUT2D eigenvalue weighted by molar-refractivity contribution is 4.47. The number of quaternary nitrogens is 1. The van der Waals surface area contributed by atoms with Crippen LogP contribution in [0, 0.1) is 0 Å². The first-order valence-electron chi connectivity index (χ1n) is 4.46. The molecule has 0 aliphatic rings. The van der Waals surface area contributed by atoms with Crippen LogP contribution in [0.15, 0.2) is 0 Å². The lowest BCUT2D eigenvalue weighted by molar-refractivity contribution is -0.873. The fraction of sp³-hybridized carbons (Fsp3) is 1.00. The van der Waals surface area contributed by atoms with E-state index in [1.165, 1.54) is 0 Å². The Bertz CT molecular complexity index is 94.1. The maximum atomic E-state index is 9.18. The summed E-state index contributed by atoms with van der Waals surface area (Å²) < 4.78 is 0.842. The van der Waals surface area contributed by atoms with E-state index in [9.17, 15) is 5.11 Å². The molecule has 0 aromatic heterocycles. The van der Waals surface area contributed by atoms with Crippen molar-refractivity contribution >= 4 is 0 Å². The Morgan fingerprint density at radius 1 is 1.15 bits per heavy atom. The van der Waals surface area contributed by atoms with Gasteiger partial charge in [-0.1, -0.05) is 6.92 Å². The summed E-state index contributed by atoms with van der Waals surface area (Å²) in [7, 11) is 6.25. The summed E-state index contributed by atoms with van der Waals surface area (Å²) in [4.78, 5) is 0. The third-order valence-electron chi connectivity index (χ3n) is 1.23. The van der Waals surface area contributed by atoms with E-state index in [4.69, 9.17) is 5.11 Å². The van der Waals surface area contributed by atoms with E-state index in [1.807, 2.05) is 6.92 Å². The lowest BCUT2D eigenvalue weighted by Gasteiger charge is -2.26. The zero-order chi connectivity index (χ0) is 10.2. The van der Waals surface area contributed by atoms with Gasteiger partial charge in [-0.2, -0.15) is 0 Å². The van der Waals surface area contributed by atoms with Crippen molar-refractivity contribution in [2.24, 2.45) is 0 Å². The molecule has 2 N–H and O–H groups in total. The van der Waals surface area contributed by atoms with Crippen LogP contribution in [-0.4, -0.2) is 55.1 Å². The van der Waals surface area contributed by atoms with Crippen molar-refractivity contribution in [2.45, 2.75) is 26.4 Å². The molecule has 1 unspecified atom stereocenters. The van der Waals surface area contributed by atoms with E-state index in [-0.39, 0.29) is 25.1 Å². The van der Waals surface area contributed by atoms with E-state index in [1.54, 1.807) is 6.92 Å². The summed E-state index contributed by atoms with van der Waals surface area (Å²) in [6.45, 7) is 4.77. The van der Waals surface area contributed by atoms with Gasteiger partial charge in [0, 0.05) is 6.61 Å². The maximum absolute atomic E-state index is 9.18. The zero-order valence-electron chi connectivity index (χ0n) is 9.42. The molecule has 0 heterocycles. The number of halogens is 1. The molecule has 0 aromatic carbocycles. The highest BCUT2D eigenvalue weighted by Gasteiger charge is 2.12. The second-order valence-corrected chi connectivity index (χ2v) is 3.85. The highest BCUT2D eigenvalue weighted by Crippen LogP contribution is 1.97. The number of aliphatic hydroxyl groups excluding tert-OH is 2. The van der Waals surface area contributed by atoms with E-state index < -0.39 is 0 Å². The third kappa shape index (κ3) is 24.5. The minimum atomic E-state index is -0.134. The second kappa shape index (κ2) is 10.3. The van der Waals surface area contributed by atoms with Crippen molar-refractivity contribution in [1.29, 1.82) is 0 Å². The van der Waals surface area contributed by atoms with Crippen molar-refractivity contribution in [1.82, 2.24) is 0 Å². The second-order valence-electron chi connectivity index (χ2n) is 3.85. The van der Waals surface area contributed by atoms with Gasteiger partial charge in [-0.3, -0.25) is 0 Å². The van der Waals surface area contributed by atoms with Gasteiger partial charge in [0.2, 0.25) is 0 Å². The van der Waals surface area contributed by atoms with Crippen molar-refractivity contribution in [3.8, 4) is 0 Å². The molecular weight excluding hydrogens is 190 g/mol. The van der Waals surface area contributed by atoms with Crippen LogP contribution >= 0.6 is 0 Å². The van der Waals surface area contributed by atoms with Gasteiger partial charge in [-0.05, 0) is 13.3 Å². The lowest BCUT2D eigenvalue weighted by atomic mass is 10.2. The molecule has 0 rings (SSSR count). The average Bonchev–Trinajstić information content (AvgIpc) is 1.86. The summed E-state index contributed by atoms with van der Waals surface area (Å²) >= 11 is 0. The number of rotatable bonds is 3. The summed E-state index contributed by atoms with van der Waals surface area (Å²) in [5.74, 6) is 0. The summed E-state index contributed by atoms with van der Waals surface area (Å²) in [5, 5.41) is 16.7. The van der Waals surface area contributed by atoms with E-state index in [0.717, 1.165) is 17.4 Å². The molecule has 0 aromatic rings. The molecule has 13 heavy (non-hydrogen) atoms. The van der Waals surface area contributed by atoms with E-state index in [0.29, 0.717) is 0 Å². The molecule has 0 spiro atoms. The van der Waals surface area contributed by atoms with Crippen LogP contribution in [0.1, 0.15) is 20.3 Å². The molecule has 1 atom stereocenters. The Morgan fingerprint density at radius 2 is 1.46 bits per heavy atom. The van der Waals surface area contributed by atoms with Gasteiger partial charge in [-0.15, -0.1) is 0 Å². The molecule has 84 valence electrons. The normalized spacial score (nSPS) is 12.2. The van der Waals surface area contributed by atoms with Crippen LogP contribution in [0.25, 0.3) is 0 Å². The number of aliphatic hydroxyl groups is 2. The van der Waals surface area contributed by atoms with Crippen molar-refractivity contribution in [2.75, 3.05) is 34.3 Å². The van der Waals surface area contributed by atoms with Gasteiger partial charge in [0.25, 0.3) is 0 Å². The highest BCUT2D eigenvalue weighted by atomic mass is 35.5. The van der Waals surface area contributed by atoms with Crippen molar-refractivity contribution in [3.63, 3.8) is 0 Å². The molecule has 0 amide bonds. The maximum Gasteiger partial charge on any atom is 0.104 e. The first-order valence-corrected chi connectivity index (χ1v) is 4.46. The SMILES string of the molecule is CCC(O)C[N+](C)(C)C.CCO.[Cl-]. The first-order chi connectivity index (χ1) is 5.37. The van der Waals surface area contributed by atoms with E-state index in [2.05, 4.69) is 21.1 Å². The molecular formula is C9H24ClNO2. The molecule has 0 aliphatic heterocycles. The molecule has 0 bridgehead atoms. The van der Waals surface area contributed by atoms with Crippen LogP contribution in [-0.2, 0) is 0 Å². The Balaban J connectivity index is -0.000000220. The van der Waals surface area contributed by atoms with Gasteiger partial charge >= 0.3 is 0 Å². The topological polar surface area (TPSA) is 40.5 Å². The number of nitrogens with zero attached hydrogens (tertiary/aromatic N) is 1. The van der Waals surface area contributed by atoms with Crippen molar-refractivity contribution in [3.05, 3.63) is 0 Å². The zero-order valence-corrected chi connectivity index (χ0v) is 10.2. The van der Waals surface area contributed by atoms with Crippen LogP contribution in [0.5, 0.6) is 0 Å². The van der Waals surface area contributed by atoms with Gasteiger partial charge in [-0.25, -0.2) is 0 Å². The van der Waals surface area contributed by atoms with Gasteiger partial charge in [0.05, 0.1) is 21.1 Å². The Morgan fingerprint density at radius 3 is 1.54 bits per heavy atom. The molecule has 0 fully saturated rings. The largest absolute Gasteiger partial charge is 1.00 e. The molecule has 0 aliphatic carbocycles. The van der Waals surface area contributed by atoms with Crippen molar-refractivity contribution < 1.29 is 27.1 Å². The van der Waals surface area contributed by atoms with Crippen LogP contribution in [0.2, 0.25) is 0 Å². The van der Waals surface area contributed by atoms with Crippen LogP contribution in [0.4, 0.5) is 0 Å². The fourth-order valence-corrected chi connectivity index (χ4v) is 0.761. The third-order valence-corrected chi connectivity index (χ3v) is 1.23. The first kappa shape index (κ1) is 18.9. The molecule has 4 heteroatoms. The molecule has 0 radical (unpaired) electrons. The quantitative estimate of drug-likeness (QED) is 0.508. The number of likely N-dealkylation sites (N-methyl/N-ethyl adjacent to an activating group) is 1. The molecule has 0 saturated heterocycles. The Kier molecular flexibility index (Phi) is 14.9. The predicted molar refractivity (Wildman–Crippen MR) is 52.0 cm³/mol. The monoisotopic (exact) mass is 213 g/mol. The molecule has 3 nitrogen and oxygen atoms in total. The Labute approximate surface area is 88.4 Å². The predicted octanol–water partition coefficient (Wildman–Crippen LogP) is -2.53. The summed E-state index contributed by atoms with van der Waals surface area (Å²) in [6.07, 6.45) is 0.722. The molecule has 0 saturated carbocycles. The minimum Gasteiger partial charge on any atom is -1.00 e. The standard InChI is InChI=1S/C7H18NO.C2H6O.ClH/c1-5-7(9)6-8(2,3)4;1-2-3;/h7,9H,5-6H2,1-4H3;3H,2H2,1H3;1H/q+1;;/p-1. The fourth-order valence-electron chi connectivity index (χ4n) is 0.761. The summed E-state index contributed by atoms with van der Waals surface area (Å²) in [5.41, 5.74) is 0. The van der Waals surface area contributed by atoms with Crippen LogP contribution in [0.3, 0.4) is 0 Å². The average molecular weight is 214 g/mol. The van der Waals surface area contributed by atoms with Gasteiger partial charge in [0.1, 0.15) is 12.6 Å². The number of hydrogen-bond donors (Lipinski definition) is 2. The van der Waals surface area contributed by atoms with E-state index >= 15 is 0 Å². The minimum absolute atomic E-state index is 0. The smallest absolute Gasteiger partial charge is 0.104 e. The van der Waals surface area contributed by atoms with Crippen LogP contribution < -0.4 is 12.4 Å². The van der Waals surface area contributed by atoms with Gasteiger partial charge in [0.15, 0.2) is 0 Å². The Hall–Kier alpha value is 0.170. The summed E-state index contributed by atoms with van der Waals surface area (Å²) in [6, 6.07) is 0. The number of hydrogen-bond acceptors (Lipinski definition) is 2. The van der Waals surface area contributed by atoms with Gasteiger partial charge < -0.3 is 27.1 Å². The lowest BCUT2D eigenvalue weighted by Crippen LogP contribution is -3.00.